The minimum absolute atomic E-state index is 0.291. The van der Waals surface area contributed by atoms with Crippen molar-refractivity contribution in [3.05, 3.63) is 47.3 Å². The fourth-order valence-corrected chi connectivity index (χ4v) is 3.09. The minimum Gasteiger partial charge on any atom is -0.369 e. The number of rotatable bonds is 8. The van der Waals surface area contributed by atoms with Crippen LogP contribution in [0.1, 0.15) is 37.7 Å². The van der Waals surface area contributed by atoms with Gasteiger partial charge in [0.1, 0.15) is 5.82 Å². The molecule has 0 fully saturated rings. The van der Waals surface area contributed by atoms with Crippen LogP contribution in [0, 0.1) is 11.7 Å². The van der Waals surface area contributed by atoms with Gasteiger partial charge in [-0.1, -0.05) is 23.8 Å². The van der Waals surface area contributed by atoms with Crippen LogP contribution in [0.25, 0.3) is 0 Å². The number of aliphatic imine (C=N–C) groups is 1. The third kappa shape index (κ3) is 6.86. The number of halogens is 1. The van der Waals surface area contributed by atoms with E-state index in [-0.39, 0.29) is 17.6 Å². The Morgan fingerprint density at radius 2 is 2.04 bits per heavy atom. The van der Waals surface area contributed by atoms with Crippen molar-refractivity contribution in [2.24, 2.45) is 16.6 Å². The molecule has 1 aromatic carbocycles. The number of guanidine groups is 1. The zero-order valence-corrected chi connectivity index (χ0v) is 15.4. The van der Waals surface area contributed by atoms with E-state index in [0.29, 0.717) is 18.9 Å². The second-order valence-corrected chi connectivity index (χ2v) is 6.67. The number of nitrogens with zero attached hydrogens (tertiary/aromatic N) is 1. The fourth-order valence-electron chi connectivity index (χ4n) is 3.09. The molecule has 0 heterocycles. The predicted octanol–water partition coefficient (Wildman–Crippen LogP) is 2.53. The molecule has 2 rings (SSSR count). The van der Waals surface area contributed by atoms with E-state index >= 15 is 0 Å². The molecule has 0 saturated heterocycles. The van der Waals surface area contributed by atoms with Crippen LogP contribution in [0.4, 0.5) is 4.39 Å². The number of allylic oxidation sites excluding steroid dienone is 1. The highest BCUT2D eigenvalue weighted by Crippen LogP contribution is 2.19. The molecule has 1 amide bonds. The lowest BCUT2D eigenvalue weighted by atomic mass is 9.97. The highest BCUT2D eigenvalue weighted by atomic mass is 19.1. The first-order chi connectivity index (χ1) is 12.6. The Hall–Kier alpha value is -2.37. The molecule has 1 aliphatic rings. The summed E-state index contributed by atoms with van der Waals surface area (Å²) in [7, 11) is 1.70. The molecular weight excluding hydrogens is 331 g/mol. The van der Waals surface area contributed by atoms with Gasteiger partial charge in [0.05, 0.1) is 5.92 Å². The van der Waals surface area contributed by atoms with E-state index in [0.717, 1.165) is 18.5 Å². The van der Waals surface area contributed by atoms with Gasteiger partial charge in [0.15, 0.2) is 5.96 Å². The van der Waals surface area contributed by atoms with Gasteiger partial charge >= 0.3 is 0 Å². The fraction of sp³-hybridized carbons (Fsp3) is 0.500. The molecule has 0 bridgehead atoms. The highest BCUT2D eigenvalue weighted by Gasteiger charge is 2.16. The number of carbonyl (C=O) groups is 1. The number of hydrogen-bond acceptors (Lipinski definition) is 2. The Labute approximate surface area is 155 Å². The first kappa shape index (κ1) is 19.9. The van der Waals surface area contributed by atoms with Gasteiger partial charge < -0.3 is 16.4 Å². The lowest BCUT2D eigenvalue weighted by Crippen LogP contribution is -2.43. The van der Waals surface area contributed by atoms with Crippen molar-refractivity contribution < 1.29 is 9.18 Å². The lowest BCUT2D eigenvalue weighted by Gasteiger charge is -2.18. The summed E-state index contributed by atoms with van der Waals surface area (Å²) in [6.45, 7) is 1.19. The van der Waals surface area contributed by atoms with E-state index in [2.05, 4.69) is 21.7 Å². The maximum atomic E-state index is 13.0. The van der Waals surface area contributed by atoms with Crippen molar-refractivity contribution in [2.45, 2.75) is 38.5 Å². The molecule has 0 aromatic heterocycles. The quantitative estimate of drug-likeness (QED) is 0.379. The van der Waals surface area contributed by atoms with Crippen molar-refractivity contribution in [3.63, 3.8) is 0 Å². The van der Waals surface area contributed by atoms with Crippen molar-refractivity contribution >= 4 is 11.9 Å². The molecule has 4 N–H and O–H groups in total. The van der Waals surface area contributed by atoms with Crippen LogP contribution in [-0.2, 0) is 11.2 Å². The van der Waals surface area contributed by atoms with Gasteiger partial charge in [-0.25, -0.2) is 4.39 Å². The van der Waals surface area contributed by atoms with Crippen molar-refractivity contribution in [3.8, 4) is 0 Å². The summed E-state index contributed by atoms with van der Waals surface area (Å²) < 4.78 is 13.0. The summed E-state index contributed by atoms with van der Waals surface area (Å²) in [4.78, 5) is 15.9. The minimum atomic E-state index is -0.389. The van der Waals surface area contributed by atoms with Gasteiger partial charge in [-0.2, -0.15) is 0 Å². The van der Waals surface area contributed by atoms with Gasteiger partial charge in [0.2, 0.25) is 5.91 Å². The average molecular weight is 360 g/mol. The molecule has 5 nitrogen and oxygen atoms in total. The highest BCUT2D eigenvalue weighted by molar-refractivity contribution is 5.81. The number of carbonyl (C=O) groups excluding carboxylic acids is 1. The van der Waals surface area contributed by atoms with Crippen LogP contribution in [0.3, 0.4) is 0 Å². The average Bonchev–Trinajstić information content (AvgIpc) is 2.65. The van der Waals surface area contributed by atoms with E-state index in [1.54, 1.807) is 19.2 Å². The van der Waals surface area contributed by atoms with Gasteiger partial charge in [-0.3, -0.25) is 9.79 Å². The van der Waals surface area contributed by atoms with E-state index in [9.17, 15) is 9.18 Å². The molecule has 0 radical (unpaired) electrons. The first-order valence-electron chi connectivity index (χ1n) is 9.24. The van der Waals surface area contributed by atoms with E-state index in [4.69, 9.17) is 5.73 Å². The normalized spacial score (nSPS) is 15.9. The van der Waals surface area contributed by atoms with Crippen LogP contribution in [0.2, 0.25) is 0 Å². The van der Waals surface area contributed by atoms with Crippen LogP contribution < -0.4 is 16.4 Å². The van der Waals surface area contributed by atoms with E-state index in [1.165, 1.54) is 43.4 Å². The molecule has 1 aliphatic carbocycles. The molecule has 1 unspecified atom stereocenters. The van der Waals surface area contributed by atoms with Crippen LogP contribution in [0.15, 0.2) is 40.9 Å². The Balaban J connectivity index is 1.79. The molecule has 142 valence electrons. The maximum Gasteiger partial charge on any atom is 0.222 e. The molecule has 26 heavy (non-hydrogen) atoms. The third-order valence-electron chi connectivity index (χ3n) is 4.66. The van der Waals surface area contributed by atoms with Crippen molar-refractivity contribution in [2.75, 3.05) is 20.1 Å². The van der Waals surface area contributed by atoms with Crippen molar-refractivity contribution in [1.29, 1.82) is 0 Å². The van der Waals surface area contributed by atoms with Crippen LogP contribution in [-0.4, -0.2) is 32.0 Å². The summed E-state index contributed by atoms with van der Waals surface area (Å²) in [5.41, 5.74) is 7.90. The third-order valence-corrected chi connectivity index (χ3v) is 4.66. The smallest absolute Gasteiger partial charge is 0.222 e. The summed E-state index contributed by atoms with van der Waals surface area (Å²) in [5, 5.41) is 6.44. The molecule has 0 aliphatic heterocycles. The lowest BCUT2D eigenvalue weighted by molar-refractivity contribution is -0.121. The second-order valence-electron chi connectivity index (χ2n) is 6.67. The van der Waals surface area contributed by atoms with E-state index in [1.807, 2.05) is 0 Å². The number of primary amides is 1. The molecular formula is C20H29FN4O. The van der Waals surface area contributed by atoms with Gasteiger partial charge in [-0.05, 0) is 56.2 Å². The van der Waals surface area contributed by atoms with Gasteiger partial charge in [0.25, 0.3) is 0 Å². The zero-order valence-electron chi connectivity index (χ0n) is 15.4. The molecule has 6 heteroatoms. The summed E-state index contributed by atoms with van der Waals surface area (Å²) in [6, 6.07) is 6.13. The van der Waals surface area contributed by atoms with Crippen LogP contribution in [0.5, 0.6) is 0 Å². The standard InChI is InChI=1S/C20H29FN4O/c1-23-20(24-12-11-15-5-3-2-4-6-15)25-14-17(19(22)26)13-16-7-9-18(21)10-8-16/h5,7-10,17H,2-4,6,11-14H2,1H3,(H2,22,26)(H2,23,24,25). The molecule has 1 atom stereocenters. The second kappa shape index (κ2) is 10.6. The van der Waals surface area contributed by atoms with Gasteiger partial charge in [0, 0.05) is 20.1 Å². The summed E-state index contributed by atoms with van der Waals surface area (Å²) >= 11 is 0. The molecule has 0 saturated carbocycles. The Morgan fingerprint density at radius 3 is 2.65 bits per heavy atom. The number of amides is 1. The molecule has 0 spiro atoms. The van der Waals surface area contributed by atoms with Crippen molar-refractivity contribution in [1.82, 2.24) is 10.6 Å². The SMILES string of the molecule is CN=C(NCCC1=CCCCC1)NCC(Cc1ccc(F)cc1)C(N)=O. The van der Waals surface area contributed by atoms with E-state index < -0.39 is 0 Å². The number of hydrogen-bond donors (Lipinski definition) is 3. The monoisotopic (exact) mass is 360 g/mol. The Morgan fingerprint density at radius 1 is 1.27 bits per heavy atom. The number of nitrogens with one attached hydrogen (secondary N) is 2. The Bertz CT molecular complexity index is 640. The topological polar surface area (TPSA) is 79.5 Å². The predicted molar refractivity (Wildman–Crippen MR) is 103 cm³/mol. The summed E-state index contributed by atoms with van der Waals surface area (Å²) in [6.07, 6.45) is 8.77. The summed E-state index contributed by atoms with van der Waals surface area (Å²) in [5.74, 6) is -0.406. The Kier molecular flexibility index (Phi) is 8.12. The van der Waals surface area contributed by atoms with Crippen LogP contribution >= 0.6 is 0 Å². The number of nitrogens with two attached hydrogens (primary N) is 1. The first-order valence-corrected chi connectivity index (χ1v) is 9.24. The van der Waals surface area contributed by atoms with Gasteiger partial charge in [-0.15, -0.1) is 0 Å². The molecule has 1 aromatic rings. The number of benzene rings is 1. The zero-order chi connectivity index (χ0) is 18.8. The largest absolute Gasteiger partial charge is 0.369 e. The maximum absolute atomic E-state index is 13.0.